The quantitative estimate of drug-likeness (QED) is 0.785. The number of rotatable bonds is 3. The normalized spacial score (nSPS) is 20.6. The minimum atomic E-state index is -3.77. The van der Waals surface area contributed by atoms with Gasteiger partial charge in [-0.3, -0.25) is 9.59 Å². The number of aromatic nitrogens is 1. The molecule has 3 N–H and O–H groups in total. The molecule has 0 aliphatic carbocycles. The summed E-state index contributed by atoms with van der Waals surface area (Å²) in [7, 11) is -3.77. The van der Waals surface area contributed by atoms with Gasteiger partial charge in [-0.15, -0.1) is 0 Å². The van der Waals surface area contributed by atoms with Crippen molar-refractivity contribution in [2.45, 2.75) is 11.3 Å². The number of halogens is 1. The molecule has 19 heavy (non-hydrogen) atoms. The van der Waals surface area contributed by atoms with E-state index in [4.69, 9.17) is 17.3 Å². The van der Waals surface area contributed by atoms with Crippen molar-refractivity contribution >= 4 is 27.5 Å². The third-order valence-electron chi connectivity index (χ3n) is 3.02. The van der Waals surface area contributed by atoms with Crippen molar-refractivity contribution in [3.63, 3.8) is 0 Å². The van der Waals surface area contributed by atoms with Crippen LogP contribution in [0.2, 0.25) is 5.02 Å². The molecule has 0 aromatic carbocycles. The van der Waals surface area contributed by atoms with E-state index >= 15 is 0 Å². The standard InChI is InChI=1S/C10H12ClN3O4S/c11-8-3-7(4-13-10(8)16)19(17,18)14-2-1-6(5-14)9(12)15/h3-4,6H,1-2,5H2,(H2,12,15)(H,13,16). The van der Waals surface area contributed by atoms with Crippen molar-refractivity contribution < 1.29 is 13.2 Å². The van der Waals surface area contributed by atoms with Gasteiger partial charge in [0.05, 0.1) is 10.8 Å². The maximum atomic E-state index is 12.3. The number of nitrogens with zero attached hydrogens (tertiary/aromatic N) is 1. The largest absolute Gasteiger partial charge is 0.369 e. The molecule has 1 fully saturated rings. The molecule has 1 aliphatic rings. The van der Waals surface area contributed by atoms with Crippen LogP contribution in [0.1, 0.15) is 6.42 Å². The first kappa shape index (κ1) is 14.0. The second-order valence-electron chi connectivity index (χ2n) is 4.26. The number of nitrogens with one attached hydrogen (secondary N) is 1. The summed E-state index contributed by atoms with van der Waals surface area (Å²) in [4.78, 5) is 24.3. The van der Waals surface area contributed by atoms with Gasteiger partial charge in [-0.25, -0.2) is 8.42 Å². The number of hydrogen-bond acceptors (Lipinski definition) is 4. The summed E-state index contributed by atoms with van der Waals surface area (Å²) in [5.41, 5.74) is 4.60. The number of sulfonamides is 1. The molecule has 1 aliphatic heterocycles. The highest BCUT2D eigenvalue weighted by Gasteiger charge is 2.35. The molecule has 0 saturated carbocycles. The van der Waals surface area contributed by atoms with E-state index in [0.717, 1.165) is 16.6 Å². The Morgan fingerprint density at radius 3 is 2.74 bits per heavy atom. The molecule has 0 spiro atoms. The summed E-state index contributed by atoms with van der Waals surface area (Å²) < 4.78 is 25.7. The number of primary amides is 1. The molecule has 1 atom stereocenters. The van der Waals surface area contributed by atoms with E-state index in [1.54, 1.807) is 0 Å². The average molecular weight is 306 g/mol. The highest BCUT2D eigenvalue weighted by Crippen LogP contribution is 2.24. The Bertz CT molecular complexity index is 670. The number of carbonyl (C=O) groups excluding carboxylic acids is 1. The minimum Gasteiger partial charge on any atom is -0.369 e. The first-order valence-corrected chi connectivity index (χ1v) is 7.32. The second kappa shape index (κ2) is 4.95. The number of amides is 1. The van der Waals surface area contributed by atoms with E-state index in [1.807, 2.05) is 0 Å². The second-order valence-corrected chi connectivity index (χ2v) is 6.61. The van der Waals surface area contributed by atoms with Crippen LogP contribution in [-0.4, -0.2) is 36.7 Å². The van der Waals surface area contributed by atoms with Gasteiger partial charge in [-0.05, 0) is 12.5 Å². The Morgan fingerprint density at radius 2 is 2.21 bits per heavy atom. The fourth-order valence-corrected chi connectivity index (χ4v) is 3.65. The van der Waals surface area contributed by atoms with Crippen LogP contribution < -0.4 is 11.3 Å². The van der Waals surface area contributed by atoms with Crippen LogP contribution in [0.25, 0.3) is 0 Å². The molecule has 1 saturated heterocycles. The predicted octanol–water partition coefficient (Wildman–Crippen LogP) is -0.476. The van der Waals surface area contributed by atoms with Crippen LogP contribution in [0.5, 0.6) is 0 Å². The van der Waals surface area contributed by atoms with Gasteiger partial charge in [0, 0.05) is 19.3 Å². The van der Waals surface area contributed by atoms with Crippen molar-refractivity contribution in [1.82, 2.24) is 9.29 Å². The van der Waals surface area contributed by atoms with Gasteiger partial charge in [-0.2, -0.15) is 4.31 Å². The number of hydrogen-bond donors (Lipinski definition) is 2. The van der Waals surface area contributed by atoms with Crippen molar-refractivity contribution in [2.75, 3.05) is 13.1 Å². The van der Waals surface area contributed by atoms with E-state index in [0.29, 0.717) is 6.42 Å². The Hall–Kier alpha value is -1.38. The number of carbonyl (C=O) groups is 1. The number of H-pyrrole nitrogens is 1. The molecular formula is C10H12ClN3O4S. The van der Waals surface area contributed by atoms with Crippen LogP contribution in [0.4, 0.5) is 0 Å². The van der Waals surface area contributed by atoms with Gasteiger partial charge in [-0.1, -0.05) is 11.6 Å². The third-order valence-corrected chi connectivity index (χ3v) is 5.15. The molecule has 2 rings (SSSR count). The van der Waals surface area contributed by atoms with E-state index in [9.17, 15) is 18.0 Å². The van der Waals surface area contributed by atoms with Crippen molar-refractivity contribution in [2.24, 2.45) is 11.7 Å². The average Bonchev–Trinajstić information content (AvgIpc) is 2.82. The molecule has 104 valence electrons. The topological polar surface area (TPSA) is 113 Å². The third kappa shape index (κ3) is 2.65. The Morgan fingerprint density at radius 1 is 1.53 bits per heavy atom. The molecular weight excluding hydrogens is 294 g/mol. The monoisotopic (exact) mass is 305 g/mol. The van der Waals surface area contributed by atoms with Crippen molar-refractivity contribution in [1.29, 1.82) is 0 Å². The zero-order chi connectivity index (χ0) is 14.2. The number of nitrogens with two attached hydrogens (primary N) is 1. The lowest BCUT2D eigenvalue weighted by atomic mass is 10.1. The molecule has 9 heteroatoms. The maximum Gasteiger partial charge on any atom is 0.266 e. The summed E-state index contributed by atoms with van der Waals surface area (Å²) in [5, 5.41) is -0.202. The Labute approximate surface area is 114 Å². The Kier molecular flexibility index (Phi) is 3.66. The van der Waals surface area contributed by atoms with Crippen molar-refractivity contribution in [3.05, 3.63) is 27.6 Å². The van der Waals surface area contributed by atoms with Crippen LogP contribution in [0.15, 0.2) is 22.0 Å². The highest BCUT2D eigenvalue weighted by atomic mass is 35.5. The predicted molar refractivity (Wildman–Crippen MR) is 68.1 cm³/mol. The highest BCUT2D eigenvalue weighted by molar-refractivity contribution is 7.89. The summed E-state index contributed by atoms with van der Waals surface area (Å²) in [6.07, 6.45) is 1.48. The first-order valence-electron chi connectivity index (χ1n) is 5.50. The summed E-state index contributed by atoms with van der Waals surface area (Å²) >= 11 is 5.60. The van der Waals surface area contributed by atoms with Gasteiger partial charge in [0.25, 0.3) is 5.56 Å². The summed E-state index contributed by atoms with van der Waals surface area (Å²) in [6.45, 7) is 0.265. The molecule has 0 radical (unpaired) electrons. The zero-order valence-corrected chi connectivity index (χ0v) is 11.4. The lowest BCUT2D eigenvalue weighted by molar-refractivity contribution is -0.121. The van der Waals surface area contributed by atoms with Gasteiger partial charge in [0.15, 0.2) is 0 Å². The lowest BCUT2D eigenvalue weighted by Gasteiger charge is -2.15. The van der Waals surface area contributed by atoms with E-state index in [1.165, 1.54) is 0 Å². The lowest BCUT2D eigenvalue weighted by Crippen LogP contribution is -2.32. The minimum absolute atomic E-state index is 0.0500. The van der Waals surface area contributed by atoms with Crippen molar-refractivity contribution in [3.8, 4) is 0 Å². The molecule has 2 heterocycles. The van der Waals surface area contributed by atoms with Gasteiger partial charge < -0.3 is 10.7 Å². The van der Waals surface area contributed by atoms with Gasteiger partial charge >= 0.3 is 0 Å². The van der Waals surface area contributed by atoms with E-state index in [2.05, 4.69) is 4.98 Å². The van der Waals surface area contributed by atoms with Crippen LogP contribution in [0, 0.1) is 5.92 Å². The first-order chi connectivity index (χ1) is 8.82. The van der Waals surface area contributed by atoms with Gasteiger partial charge in [0.2, 0.25) is 15.9 Å². The summed E-state index contributed by atoms with van der Waals surface area (Å²) in [5.74, 6) is -0.995. The molecule has 1 unspecified atom stereocenters. The molecule has 1 aromatic rings. The summed E-state index contributed by atoms with van der Waals surface area (Å²) in [6, 6.07) is 1.09. The van der Waals surface area contributed by atoms with Gasteiger partial charge in [0.1, 0.15) is 5.02 Å². The zero-order valence-electron chi connectivity index (χ0n) is 9.80. The fraction of sp³-hybridized carbons (Fsp3) is 0.400. The van der Waals surface area contributed by atoms with E-state index in [-0.39, 0.29) is 23.0 Å². The van der Waals surface area contributed by atoms with Crippen LogP contribution in [0.3, 0.4) is 0 Å². The molecule has 0 bridgehead atoms. The SMILES string of the molecule is NC(=O)C1CCN(S(=O)(=O)c2c[nH]c(=O)c(Cl)c2)C1. The van der Waals surface area contributed by atoms with E-state index < -0.39 is 27.4 Å². The number of aromatic amines is 1. The smallest absolute Gasteiger partial charge is 0.266 e. The molecule has 1 aromatic heterocycles. The fourth-order valence-electron chi connectivity index (χ4n) is 1.91. The molecule has 1 amide bonds. The molecule has 7 nitrogen and oxygen atoms in total. The Balaban J connectivity index is 2.31. The number of pyridine rings is 1. The van der Waals surface area contributed by atoms with Crippen LogP contribution in [-0.2, 0) is 14.8 Å². The van der Waals surface area contributed by atoms with Crippen LogP contribution >= 0.6 is 11.6 Å². The maximum absolute atomic E-state index is 12.3.